The molecule has 1 N–H and O–H groups in total. The number of hydrogen-bond donors (Lipinski definition) is 1. The summed E-state index contributed by atoms with van der Waals surface area (Å²) in [5, 5.41) is 46.5. The summed E-state index contributed by atoms with van der Waals surface area (Å²) >= 11 is 0. The van der Waals surface area contributed by atoms with Crippen LogP contribution in [0.4, 0.5) is 28.6 Å². The van der Waals surface area contributed by atoms with Gasteiger partial charge in [0.05, 0.1) is 54.1 Å². The topological polar surface area (TPSA) is 203 Å². The van der Waals surface area contributed by atoms with Crippen LogP contribution in [0.25, 0.3) is 10.5 Å². The molecule has 0 bridgehead atoms. The van der Waals surface area contributed by atoms with Gasteiger partial charge in [-0.1, -0.05) is 150 Å². The number of carbonyl (C=O) groups excluding carboxylic acids is 3. The predicted octanol–water partition coefficient (Wildman–Crippen LogP) is 13.4. The van der Waals surface area contributed by atoms with Crippen LogP contribution >= 0.6 is 0 Å². The van der Waals surface area contributed by atoms with E-state index >= 15 is 0 Å². The molecular formula is C53H72N10O5. The minimum atomic E-state index is -0.669. The number of azo groups is 1. The number of nitriles is 3. The molecule has 0 unspecified atom stereocenters. The highest BCUT2D eigenvalue weighted by molar-refractivity contribution is 5.93. The number of rotatable bonds is 31. The summed E-state index contributed by atoms with van der Waals surface area (Å²) in [6.07, 6.45) is 23.0. The van der Waals surface area contributed by atoms with Crippen molar-refractivity contribution in [2.75, 3.05) is 36.5 Å². The first-order valence-electron chi connectivity index (χ1n) is 24.6. The summed E-state index contributed by atoms with van der Waals surface area (Å²) in [6, 6.07) is 13.5. The maximum Gasteiger partial charge on any atom is 0.325 e. The normalized spacial score (nSPS) is 11.1. The summed E-state index contributed by atoms with van der Waals surface area (Å²) in [6.45, 7) is 19.0. The van der Waals surface area contributed by atoms with Crippen LogP contribution < -0.4 is 10.2 Å². The molecule has 0 saturated heterocycles. The van der Waals surface area contributed by atoms with Crippen LogP contribution in [0.1, 0.15) is 192 Å². The molecule has 364 valence electrons. The molecule has 0 saturated carbocycles. The number of aromatic nitrogens is 2. The second kappa shape index (κ2) is 30.7. The Bertz CT molecular complexity index is 2260. The average Bonchev–Trinajstić information content (AvgIpc) is 3.70. The molecule has 0 fully saturated rings. The Kier molecular flexibility index (Phi) is 25.1. The zero-order valence-corrected chi connectivity index (χ0v) is 41.4. The zero-order valence-electron chi connectivity index (χ0n) is 41.4. The fourth-order valence-electron chi connectivity index (χ4n) is 7.71. The van der Waals surface area contributed by atoms with E-state index in [1.54, 1.807) is 18.2 Å². The number of benzene rings is 2. The van der Waals surface area contributed by atoms with E-state index in [9.17, 15) is 30.2 Å². The molecule has 1 heterocycles. The number of hydrogen-bond acceptors (Lipinski definition) is 12. The first kappa shape index (κ1) is 55.7. The molecule has 3 aromatic rings. The predicted molar refractivity (Wildman–Crippen MR) is 265 cm³/mol. The molecule has 68 heavy (non-hydrogen) atoms. The van der Waals surface area contributed by atoms with Gasteiger partial charge in [-0.3, -0.25) is 14.4 Å². The molecule has 2 aromatic carbocycles. The first-order valence-corrected chi connectivity index (χ1v) is 24.6. The van der Waals surface area contributed by atoms with Crippen LogP contribution in [-0.4, -0.2) is 53.9 Å². The summed E-state index contributed by atoms with van der Waals surface area (Å²) < 4.78 is 12.5. The molecule has 3 rings (SSSR count). The molecule has 15 nitrogen and oxygen atoms in total. The second-order valence-electron chi connectivity index (χ2n) is 18.3. The van der Waals surface area contributed by atoms with Gasteiger partial charge in [0.1, 0.15) is 36.5 Å². The molecule has 1 amide bonds. The van der Waals surface area contributed by atoms with E-state index in [0.717, 1.165) is 51.4 Å². The third-order valence-corrected chi connectivity index (χ3v) is 11.5. The number of nitrogens with zero attached hydrogens (tertiary/aromatic N) is 9. The Morgan fingerprint density at radius 1 is 0.721 bits per heavy atom. The standard InChI is InChI=1S/C53H72N10O5/c1-8-10-12-14-16-18-20-22-24-26-30-67-49(65)38-62(39-50(66)68-31-27-25-23-21-19-17-15-13-11-9-2)43-28-29-45(47(33-43)58-40(3)64)59-60-52-44(37-56)51(53(4,5)6)61-63(52)48-34-46(57-7)41(35-54)32-42(48)36-55/h28-29,32-34H,8-27,30-31,38-39H2,1-6H3,(H,58,64). The minimum Gasteiger partial charge on any atom is -0.464 e. The van der Waals surface area contributed by atoms with E-state index in [4.69, 9.17) is 16.0 Å². The van der Waals surface area contributed by atoms with Gasteiger partial charge in [0.15, 0.2) is 5.82 Å². The smallest absolute Gasteiger partial charge is 0.325 e. The summed E-state index contributed by atoms with van der Waals surface area (Å²) in [4.78, 5) is 44.2. The van der Waals surface area contributed by atoms with Gasteiger partial charge in [0.25, 0.3) is 0 Å². The van der Waals surface area contributed by atoms with Crippen molar-refractivity contribution in [1.29, 1.82) is 15.8 Å². The fraction of sp³-hybridized carbons (Fsp3) is 0.585. The average molecular weight is 929 g/mol. The maximum atomic E-state index is 13.3. The van der Waals surface area contributed by atoms with Gasteiger partial charge in [0.2, 0.25) is 11.6 Å². The third kappa shape index (κ3) is 19.0. The number of anilines is 2. The van der Waals surface area contributed by atoms with E-state index in [1.165, 1.54) is 106 Å². The molecule has 0 atom stereocenters. The zero-order chi connectivity index (χ0) is 49.7. The van der Waals surface area contributed by atoms with Crippen LogP contribution in [0.3, 0.4) is 0 Å². The Balaban J connectivity index is 1.89. The van der Waals surface area contributed by atoms with Crippen molar-refractivity contribution in [3.05, 3.63) is 64.1 Å². The number of amides is 1. The fourth-order valence-corrected chi connectivity index (χ4v) is 7.71. The highest BCUT2D eigenvalue weighted by Crippen LogP contribution is 2.38. The van der Waals surface area contributed by atoms with E-state index in [2.05, 4.69) is 51.5 Å². The Morgan fingerprint density at radius 3 is 1.66 bits per heavy atom. The van der Waals surface area contributed by atoms with Crippen molar-refractivity contribution in [1.82, 2.24) is 9.78 Å². The minimum absolute atomic E-state index is 0.00552. The number of unbranched alkanes of at least 4 members (excludes halogenated alkanes) is 18. The molecule has 0 aliphatic rings. The Hall–Kier alpha value is -6.58. The maximum absolute atomic E-state index is 13.3. The Labute approximate surface area is 404 Å². The van der Waals surface area contributed by atoms with E-state index in [1.807, 2.05) is 26.8 Å². The third-order valence-electron chi connectivity index (χ3n) is 11.5. The lowest BCUT2D eigenvalue weighted by Gasteiger charge is -2.24. The van der Waals surface area contributed by atoms with Gasteiger partial charge in [0, 0.05) is 18.0 Å². The van der Waals surface area contributed by atoms with Crippen molar-refractivity contribution in [2.45, 2.75) is 175 Å². The largest absolute Gasteiger partial charge is 0.464 e. The molecule has 0 spiro atoms. The molecule has 0 aliphatic heterocycles. The Morgan fingerprint density at radius 2 is 1.22 bits per heavy atom. The van der Waals surface area contributed by atoms with E-state index in [-0.39, 0.29) is 71.6 Å². The molecule has 1 aromatic heterocycles. The highest BCUT2D eigenvalue weighted by Gasteiger charge is 2.29. The quantitative estimate of drug-likeness (QED) is 0.0280. The van der Waals surface area contributed by atoms with Crippen LogP contribution in [-0.2, 0) is 29.3 Å². The second-order valence-corrected chi connectivity index (χ2v) is 18.3. The van der Waals surface area contributed by atoms with Gasteiger partial charge >= 0.3 is 11.9 Å². The number of carbonyl (C=O) groups is 3. The van der Waals surface area contributed by atoms with Gasteiger partial charge in [-0.05, 0) is 43.2 Å². The number of esters is 2. The van der Waals surface area contributed by atoms with E-state index < -0.39 is 23.3 Å². The van der Waals surface area contributed by atoms with Crippen molar-refractivity contribution in [2.24, 2.45) is 10.2 Å². The van der Waals surface area contributed by atoms with Crippen molar-refractivity contribution in [3.63, 3.8) is 0 Å². The lowest BCUT2D eigenvalue weighted by molar-refractivity contribution is -0.143. The first-order chi connectivity index (χ1) is 32.8. The monoisotopic (exact) mass is 929 g/mol. The molecular weight excluding hydrogens is 857 g/mol. The lowest BCUT2D eigenvalue weighted by atomic mass is 9.90. The van der Waals surface area contributed by atoms with Crippen molar-refractivity contribution >= 4 is 46.4 Å². The van der Waals surface area contributed by atoms with Crippen molar-refractivity contribution in [3.8, 4) is 23.9 Å². The summed E-state index contributed by atoms with van der Waals surface area (Å²) in [5.41, 5.74) is 0.616. The van der Waals surface area contributed by atoms with Crippen molar-refractivity contribution < 1.29 is 23.9 Å². The van der Waals surface area contributed by atoms with Crippen LogP contribution in [0, 0.1) is 40.6 Å². The van der Waals surface area contributed by atoms with E-state index in [0.29, 0.717) is 11.4 Å². The number of ether oxygens (including phenoxy) is 2. The van der Waals surface area contributed by atoms with Gasteiger partial charge in [-0.25, -0.2) is 9.53 Å². The molecule has 0 radical (unpaired) electrons. The summed E-state index contributed by atoms with van der Waals surface area (Å²) in [7, 11) is 0. The van der Waals surface area contributed by atoms with Crippen LogP contribution in [0.15, 0.2) is 40.6 Å². The van der Waals surface area contributed by atoms with Gasteiger partial charge < -0.3 is 19.7 Å². The van der Waals surface area contributed by atoms with Crippen LogP contribution in [0.5, 0.6) is 0 Å². The summed E-state index contributed by atoms with van der Waals surface area (Å²) in [5.74, 6) is -1.51. The van der Waals surface area contributed by atoms with Crippen LogP contribution in [0.2, 0.25) is 0 Å². The molecule has 0 aliphatic carbocycles. The number of nitrogens with one attached hydrogen (secondary N) is 1. The van der Waals surface area contributed by atoms with Gasteiger partial charge in [-0.2, -0.15) is 20.9 Å². The lowest BCUT2D eigenvalue weighted by Crippen LogP contribution is -2.36. The SMILES string of the molecule is [C-]#[N+]c1cc(-n2nc(C(C)(C)C)c(C#N)c2N=Nc2ccc(N(CC(=O)OCCCCCCCCCCCC)CC(=O)OCCCCCCCCCCCC)cc2NC(C)=O)c(C#N)cc1C#N. The van der Waals surface area contributed by atoms with Gasteiger partial charge in [-0.15, -0.1) is 10.2 Å². The highest BCUT2D eigenvalue weighted by atomic mass is 16.5. The molecule has 15 heteroatoms.